The molecule has 34 heavy (non-hydrogen) atoms. The first-order valence-electron chi connectivity index (χ1n) is 11.8. The van der Waals surface area contributed by atoms with Crippen LogP contribution in [-0.4, -0.2) is 70.2 Å². The molecule has 2 N–H and O–H groups in total. The molecule has 1 aliphatic carbocycles. The summed E-state index contributed by atoms with van der Waals surface area (Å²) in [5.41, 5.74) is 3.07. The first-order chi connectivity index (χ1) is 16.7. The number of hydrogen-bond donors (Lipinski definition) is 2. The fourth-order valence-electron chi connectivity index (χ4n) is 4.48. The summed E-state index contributed by atoms with van der Waals surface area (Å²) in [5.74, 6) is 1.26. The van der Waals surface area contributed by atoms with Crippen molar-refractivity contribution in [2.24, 2.45) is 0 Å². The number of nitrogens with one attached hydrogen (secondary N) is 1. The molecule has 0 unspecified atom stereocenters. The zero-order valence-electron chi connectivity index (χ0n) is 18.9. The van der Waals surface area contributed by atoms with Crippen LogP contribution in [0.25, 0.3) is 11.0 Å². The molecule has 1 aliphatic heterocycles. The topological polar surface area (TPSA) is 106 Å². The van der Waals surface area contributed by atoms with Crippen molar-refractivity contribution in [3.8, 4) is 5.75 Å². The Bertz CT molecular complexity index is 1090. The summed E-state index contributed by atoms with van der Waals surface area (Å²) >= 11 is 0. The lowest BCUT2D eigenvalue weighted by atomic mass is 9.93. The van der Waals surface area contributed by atoms with E-state index in [1.807, 2.05) is 0 Å². The lowest BCUT2D eigenvalue weighted by Gasteiger charge is -2.31. The Balaban J connectivity index is 1.22. The number of aliphatic hydroxyl groups is 1. The van der Waals surface area contributed by atoms with Crippen molar-refractivity contribution in [1.29, 1.82) is 0 Å². The van der Waals surface area contributed by atoms with Crippen LogP contribution in [0.1, 0.15) is 37.4 Å². The second-order valence-corrected chi connectivity index (χ2v) is 8.71. The fourth-order valence-corrected chi connectivity index (χ4v) is 4.48. The van der Waals surface area contributed by atoms with E-state index in [-0.39, 0.29) is 12.1 Å². The van der Waals surface area contributed by atoms with Crippen LogP contribution in [0.5, 0.6) is 5.75 Å². The van der Waals surface area contributed by atoms with Gasteiger partial charge in [0.05, 0.1) is 24.8 Å². The van der Waals surface area contributed by atoms with Crippen LogP contribution >= 0.6 is 0 Å². The van der Waals surface area contributed by atoms with Crippen LogP contribution in [0, 0.1) is 0 Å². The zero-order valence-corrected chi connectivity index (χ0v) is 18.9. The van der Waals surface area contributed by atoms with Crippen LogP contribution in [0.3, 0.4) is 0 Å². The van der Waals surface area contributed by atoms with Gasteiger partial charge in [-0.2, -0.15) is 0 Å². The van der Waals surface area contributed by atoms with E-state index in [4.69, 9.17) is 9.47 Å². The maximum absolute atomic E-state index is 12.6. The molecule has 0 radical (unpaired) electrons. The van der Waals surface area contributed by atoms with E-state index in [9.17, 15) is 9.50 Å². The number of morpholine rings is 1. The van der Waals surface area contributed by atoms with Crippen molar-refractivity contribution < 1.29 is 19.0 Å². The van der Waals surface area contributed by atoms with Crippen molar-refractivity contribution in [1.82, 2.24) is 19.9 Å². The van der Waals surface area contributed by atoms with Gasteiger partial charge in [-0.3, -0.25) is 4.98 Å². The molecule has 1 atom stereocenters. The van der Waals surface area contributed by atoms with Gasteiger partial charge >= 0.3 is 0 Å². The molecule has 180 valence electrons. The molecule has 2 aliphatic rings. The highest BCUT2D eigenvalue weighted by Gasteiger charge is 2.25. The minimum absolute atomic E-state index is 0.0891. The first kappa shape index (κ1) is 22.7. The number of alkyl halides is 1. The monoisotopic (exact) mass is 468 g/mol. The Morgan fingerprint density at radius 2 is 1.79 bits per heavy atom. The van der Waals surface area contributed by atoms with E-state index < -0.39 is 12.8 Å². The molecule has 3 heterocycles. The molecule has 0 spiro atoms. The highest BCUT2D eigenvalue weighted by molar-refractivity contribution is 5.85. The second-order valence-electron chi connectivity index (χ2n) is 8.71. The molecular weight excluding hydrogens is 439 g/mol. The van der Waals surface area contributed by atoms with Crippen LogP contribution in [0.15, 0.2) is 36.9 Å². The number of fused-ring (bicyclic) bond motifs is 1. The summed E-state index contributed by atoms with van der Waals surface area (Å²) in [6.07, 6.45) is 8.84. The largest absolute Gasteiger partial charge is 0.488 e. The third kappa shape index (κ3) is 5.18. The summed E-state index contributed by atoms with van der Waals surface area (Å²) in [6.45, 7) is 2.27. The number of aliphatic hydroxyl groups excluding tert-OH is 1. The van der Waals surface area contributed by atoms with Gasteiger partial charge in [0.1, 0.15) is 24.0 Å². The number of anilines is 2. The molecule has 3 aromatic rings. The van der Waals surface area contributed by atoms with Crippen LogP contribution in [0.2, 0.25) is 0 Å². The summed E-state index contributed by atoms with van der Waals surface area (Å²) in [6, 6.07) is 4.38. The van der Waals surface area contributed by atoms with Crippen molar-refractivity contribution >= 4 is 22.7 Å². The van der Waals surface area contributed by atoms with Gasteiger partial charge in [0.2, 0.25) is 5.95 Å². The Hall–Kier alpha value is -3.11. The molecule has 10 heteroatoms. The molecule has 5 rings (SSSR count). The molecule has 1 aromatic carbocycles. The Labute approximate surface area is 197 Å². The van der Waals surface area contributed by atoms with E-state index in [1.165, 1.54) is 12.4 Å². The predicted molar refractivity (Wildman–Crippen MR) is 126 cm³/mol. The summed E-state index contributed by atoms with van der Waals surface area (Å²) in [7, 11) is 0. The molecule has 0 bridgehead atoms. The van der Waals surface area contributed by atoms with Gasteiger partial charge in [0.25, 0.3) is 0 Å². The van der Waals surface area contributed by atoms with Gasteiger partial charge < -0.3 is 24.8 Å². The van der Waals surface area contributed by atoms with Crippen molar-refractivity contribution in [3.63, 3.8) is 0 Å². The Morgan fingerprint density at radius 1 is 1.06 bits per heavy atom. The quantitative estimate of drug-likeness (QED) is 0.541. The highest BCUT2D eigenvalue weighted by atomic mass is 19.1. The third-order valence-corrected chi connectivity index (χ3v) is 6.40. The lowest BCUT2D eigenvalue weighted by molar-refractivity contribution is 0.122. The number of halogens is 1. The summed E-state index contributed by atoms with van der Waals surface area (Å²) < 4.78 is 24.6. The molecule has 0 amide bonds. The van der Waals surface area contributed by atoms with Gasteiger partial charge in [-0.1, -0.05) is 0 Å². The predicted octanol–water partition coefficient (Wildman–Crippen LogP) is 3.06. The first-order valence-corrected chi connectivity index (χ1v) is 11.8. The fraction of sp³-hybridized carbons (Fsp3) is 0.500. The number of hydrogen-bond acceptors (Lipinski definition) is 9. The van der Waals surface area contributed by atoms with Crippen molar-refractivity contribution in [3.05, 3.63) is 42.5 Å². The molecule has 1 saturated heterocycles. The van der Waals surface area contributed by atoms with E-state index in [0.29, 0.717) is 24.7 Å². The van der Waals surface area contributed by atoms with Gasteiger partial charge in [0, 0.05) is 61.2 Å². The SMILES string of the molecule is O[C@@H](CF)c1cnc(N[C@H]2CC[C@@H](Oc3cc(N4CCOCC4)cc4nccnc34)CC2)nc1. The van der Waals surface area contributed by atoms with E-state index in [0.717, 1.165) is 61.2 Å². The lowest BCUT2D eigenvalue weighted by Crippen LogP contribution is -2.36. The third-order valence-electron chi connectivity index (χ3n) is 6.40. The number of benzene rings is 1. The standard InChI is InChI=1S/C24H29FN6O3/c25-13-21(32)16-14-28-24(29-15-16)30-17-1-3-19(4-2-17)34-22-12-18(31-7-9-33-10-8-31)11-20-23(22)27-6-5-26-20/h5-6,11-12,14-15,17,19,21,32H,1-4,7-10,13H2,(H,28,29,30)/t17-,19+,21-/m0/s1. The summed E-state index contributed by atoms with van der Waals surface area (Å²) in [5, 5.41) is 12.9. The Morgan fingerprint density at radius 3 is 2.53 bits per heavy atom. The molecule has 2 fully saturated rings. The normalized spacial score (nSPS) is 21.9. The van der Waals surface area contributed by atoms with Crippen LogP contribution in [-0.2, 0) is 4.74 Å². The second kappa shape index (κ2) is 10.4. The summed E-state index contributed by atoms with van der Waals surface area (Å²) in [4.78, 5) is 19.8. The van der Waals surface area contributed by atoms with E-state index >= 15 is 0 Å². The average molecular weight is 469 g/mol. The van der Waals surface area contributed by atoms with E-state index in [2.05, 4.69) is 42.3 Å². The zero-order chi connectivity index (χ0) is 23.3. The van der Waals surface area contributed by atoms with Gasteiger partial charge in [-0.15, -0.1) is 0 Å². The number of rotatable bonds is 7. The number of ether oxygens (including phenoxy) is 2. The van der Waals surface area contributed by atoms with Gasteiger partial charge in [-0.05, 0) is 31.7 Å². The highest BCUT2D eigenvalue weighted by Crippen LogP contribution is 2.33. The number of aromatic nitrogens is 4. The Kier molecular flexibility index (Phi) is 6.96. The minimum atomic E-state index is -1.18. The van der Waals surface area contributed by atoms with Crippen LogP contribution < -0.4 is 15.0 Å². The van der Waals surface area contributed by atoms with Crippen molar-refractivity contribution in [2.45, 2.75) is 43.9 Å². The van der Waals surface area contributed by atoms with E-state index in [1.54, 1.807) is 12.4 Å². The maximum atomic E-state index is 12.6. The van der Waals surface area contributed by atoms with Crippen molar-refractivity contribution in [2.75, 3.05) is 43.2 Å². The van der Waals surface area contributed by atoms with Gasteiger partial charge in [-0.25, -0.2) is 19.3 Å². The minimum Gasteiger partial charge on any atom is -0.488 e. The average Bonchev–Trinajstić information content (AvgIpc) is 2.90. The number of nitrogens with zero attached hydrogens (tertiary/aromatic N) is 5. The molecule has 1 saturated carbocycles. The maximum Gasteiger partial charge on any atom is 0.222 e. The molecular formula is C24H29FN6O3. The van der Waals surface area contributed by atoms with Gasteiger partial charge in [0.15, 0.2) is 0 Å². The smallest absolute Gasteiger partial charge is 0.222 e. The molecule has 9 nitrogen and oxygen atoms in total. The van der Waals surface area contributed by atoms with Crippen LogP contribution in [0.4, 0.5) is 16.0 Å². The molecule has 2 aromatic heterocycles.